The van der Waals surface area contributed by atoms with Crippen LogP contribution in [0.4, 0.5) is 0 Å². The maximum absolute atomic E-state index is 12.0. The highest BCUT2D eigenvalue weighted by Gasteiger charge is 2.17. The van der Waals surface area contributed by atoms with Crippen LogP contribution in [0.25, 0.3) is 0 Å². The lowest BCUT2D eigenvalue weighted by Gasteiger charge is -2.16. The Morgan fingerprint density at radius 3 is 1.39 bits per heavy atom. The highest BCUT2D eigenvalue weighted by atomic mass is 32.2. The zero-order valence-electron chi connectivity index (χ0n) is 11.0. The fraction of sp³-hybridized carbons (Fsp3) is 0.250. The van der Waals surface area contributed by atoms with E-state index in [1.165, 1.54) is 11.1 Å². The summed E-state index contributed by atoms with van der Waals surface area (Å²) in [6, 6.07) is 16.6. The van der Waals surface area contributed by atoms with Crippen LogP contribution < -0.4 is 0 Å². The van der Waals surface area contributed by atoms with Gasteiger partial charge in [0.15, 0.2) is 0 Å². The molecule has 94 valence electrons. The van der Waals surface area contributed by atoms with Crippen molar-refractivity contribution in [3.63, 3.8) is 0 Å². The van der Waals surface area contributed by atoms with Crippen molar-refractivity contribution in [2.45, 2.75) is 19.1 Å². The molecule has 1 atom stereocenters. The van der Waals surface area contributed by atoms with Crippen LogP contribution in [0.3, 0.4) is 0 Å². The third-order valence-electron chi connectivity index (χ3n) is 3.09. The maximum atomic E-state index is 12.0. The minimum absolute atomic E-state index is 0.0359. The molecule has 0 aliphatic carbocycles. The summed E-state index contributed by atoms with van der Waals surface area (Å²) in [5.74, 6) is 0. The second kappa shape index (κ2) is 5.49. The third kappa shape index (κ3) is 2.88. The van der Waals surface area contributed by atoms with Crippen molar-refractivity contribution < 1.29 is 4.21 Å². The Morgan fingerprint density at radius 2 is 1.11 bits per heavy atom. The Morgan fingerprint density at radius 1 is 0.778 bits per heavy atom. The molecule has 0 radical (unpaired) electrons. The van der Waals surface area contributed by atoms with E-state index >= 15 is 0 Å². The Kier molecular flexibility index (Phi) is 3.97. The van der Waals surface area contributed by atoms with Crippen LogP contribution in [0.15, 0.2) is 48.5 Å². The molecule has 0 N–H and O–H groups in total. The number of hydrogen-bond acceptors (Lipinski definition) is 1. The van der Waals surface area contributed by atoms with Crippen LogP contribution in [0.1, 0.15) is 27.5 Å². The highest BCUT2D eigenvalue weighted by molar-refractivity contribution is 7.84. The van der Waals surface area contributed by atoms with Crippen molar-refractivity contribution in [3.05, 3.63) is 70.8 Å². The summed E-state index contributed by atoms with van der Waals surface area (Å²) in [5, 5.41) is -0.0359. The van der Waals surface area contributed by atoms with E-state index in [4.69, 9.17) is 0 Å². The Hall–Kier alpha value is -1.41. The average Bonchev–Trinajstić information content (AvgIpc) is 2.34. The summed E-state index contributed by atoms with van der Waals surface area (Å²) in [6.45, 7) is 4.13. The van der Waals surface area contributed by atoms with Crippen molar-refractivity contribution in [2.75, 3.05) is 6.26 Å². The molecule has 0 saturated heterocycles. The molecule has 2 aromatic carbocycles. The summed E-state index contributed by atoms with van der Waals surface area (Å²) in [5.41, 5.74) is 4.68. The first-order valence-corrected chi connectivity index (χ1v) is 7.65. The normalized spacial score (nSPS) is 12.7. The van der Waals surface area contributed by atoms with E-state index in [1.54, 1.807) is 6.26 Å². The van der Waals surface area contributed by atoms with E-state index < -0.39 is 10.8 Å². The van der Waals surface area contributed by atoms with E-state index in [0.29, 0.717) is 0 Å². The van der Waals surface area contributed by atoms with Gasteiger partial charge in [-0.1, -0.05) is 59.7 Å². The molecule has 0 bridgehead atoms. The summed E-state index contributed by atoms with van der Waals surface area (Å²) < 4.78 is 12.0. The minimum atomic E-state index is -0.919. The molecule has 0 heterocycles. The Balaban J connectivity index is 2.43. The predicted octanol–water partition coefficient (Wildman–Crippen LogP) is 3.77. The van der Waals surface area contributed by atoms with Gasteiger partial charge in [-0.25, -0.2) is 0 Å². The minimum Gasteiger partial charge on any atom is -0.259 e. The van der Waals surface area contributed by atoms with E-state index in [1.807, 2.05) is 0 Å². The molecule has 0 spiro atoms. The molecule has 0 aliphatic rings. The molecule has 2 rings (SSSR count). The summed E-state index contributed by atoms with van der Waals surface area (Å²) in [7, 11) is -0.919. The lowest BCUT2D eigenvalue weighted by molar-refractivity contribution is 0.682. The highest BCUT2D eigenvalue weighted by Crippen LogP contribution is 2.27. The first kappa shape index (κ1) is 13.0. The van der Waals surface area contributed by atoms with Crippen LogP contribution in [-0.4, -0.2) is 10.5 Å². The molecule has 2 aromatic rings. The van der Waals surface area contributed by atoms with E-state index in [-0.39, 0.29) is 5.25 Å². The molecule has 0 fully saturated rings. The van der Waals surface area contributed by atoms with Crippen LogP contribution in [0.5, 0.6) is 0 Å². The van der Waals surface area contributed by atoms with Gasteiger partial charge in [-0.2, -0.15) is 0 Å². The van der Waals surface area contributed by atoms with Gasteiger partial charge in [0.05, 0.1) is 5.25 Å². The maximum Gasteiger partial charge on any atom is 0.0843 e. The van der Waals surface area contributed by atoms with Crippen LogP contribution in [0.2, 0.25) is 0 Å². The fourth-order valence-corrected chi connectivity index (χ4v) is 3.14. The van der Waals surface area contributed by atoms with Crippen molar-refractivity contribution in [1.29, 1.82) is 0 Å². The smallest absolute Gasteiger partial charge is 0.0843 e. The molecule has 1 nitrogen and oxygen atoms in total. The lowest BCUT2D eigenvalue weighted by Crippen LogP contribution is -2.07. The number of hydrogen-bond donors (Lipinski definition) is 0. The first-order valence-electron chi connectivity index (χ1n) is 6.03. The molecule has 2 heteroatoms. The van der Waals surface area contributed by atoms with Gasteiger partial charge in [-0.3, -0.25) is 4.21 Å². The molecule has 18 heavy (non-hydrogen) atoms. The molecular weight excluding hydrogens is 240 g/mol. The van der Waals surface area contributed by atoms with Crippen LogP contribution in [-0.2, 0) is 10.8 Å². The Bertz CT molecular complexity index is 495. The van der Waals surface area contributed by atoms with Crippen molar-refractivity contribution in [1.82, 2.24) is 0 Å². The Labute approximate surface area is 111 Å². The zero-order chi connectivity index (χ0) is 13.1. The molecule has 0 amide bonds. The summed E-state index contributed by atoms with van der Waals surface area (Å²) >= 11 is 0. The average molecular weight is 258 g/mol. The third-order valence-corrected chi connectivity index (χ3v) is 4.30. The topological polar surface area (TPSA) is 17.1 Å². The molecule has 0 aliphatic heterocycles. The largest absolute Gasteiger partial charge is 0.259 e. The quantitative estimate of drug-likeness (QED) is 0.819. The van der Waals surface area contributed by atoms with Gasteiger partial charge < -0.3 is 0 Å². The van der Waals surface area contributed by atoms with E-state index in [9.17, 15) is 4.21 Å². The van der Waals surface area contributed by atoms with Crippen LogP contribution >= 0.6 is 0 Å². The van der Waals surface area contributed by atoms with Gasteiger partial charge in [-0.15, -0.1) is 0 Å². The van der Waals surface area contributed by atoms with Gasteiger partial charge >= 0.3 is 0 Å². The number of aryl methyl sites for hydroxylation is 2. The van der Waals surface area contributed by atoms with Crippen molar-refractivity contribution in [2.24, 2.45) is 0 Å². The van der Waals surface area contributed by atoms with E-state index in [2.05, 4.69) is 62.4 Å². The summed E-state index contributed by atoms with van der Waals surface area (Å²) in [4.78, 5) is 0. The number of rotatable bonds is 3. The summed E-state index contributed by atoms with van der Waals surface area (Å²) in [6.07, 6.45) is 1.77. The molecule has 1 unspecified atom stereocenters. The van der Waals surface area contributed by atoms with E-state index in [0.717, 1.165) is 11.1 Å². The monoisotopic (exact) mass is 258 g/mol. The molecule has 0 saturated carbocycles. The second-order valence-corrected chi connectivity index (χ2v) is 6.17. The van der Waals surface area contributed by atoms with Crippen LogP contribution in [0, 0.1) is 13.8 Å². The SMILES string of the molecule is Cc1ccc(C(c2ccc(C)cc2)S(C)=O)cc1. The zero-order valence-corrected chi connectivity index (χ0v) is 11.8. The second-order valence-electron chi connectivity index (χ2n) is 4.70. The molecule has 0 aromatic heterocycles. The fourth-order valence-electron chi connectivity index (χ4n) is 2.06. The number of benzene rings is 2. The van der Waals surface area contributed by atoms with Gasteiger partial charge in [0, 0.05) is 17.1 Å². The van der Waals surface area contributed by atoms with Crippen molar-refractivity contribution >= 4 is 10.8 Å². The van der Waals surface area contributed by atoms with Gasteiger partial charge in [0.2, 0.25) is 0 Å². The lowest BCUT2D eigenvalue weighted by atomic mass is 10.0. The molecular formula is C16H18OS. The first-order chi connectivity index (χ1) is 8.58. The van der Waals surface area contributed by atoms with Gasteiger partial charge in [0.25, 0.3) is 0 Å². The predicted molar refractivity (Wildman–Crippen MR) is 78.3 cm³/mol. The van der Waals surface area contributed by atoms with Gasteiger partial charge in [-0.05, 0) is 25.0 Å². The standard InChI is InChI=1S/C16H18OS/c1-12-4-8-14(9-5-12)16(18(3)17)15-10-6-13(2)7-11-15/h4-11,16H,1-3H3. The van der Waals surface area contributed by atoms with Crippen molar-refractivity contribution in [3.8, 4) is 0 Å². The van der Waals surface area contributed by atoms with Gasteiger partial charge in [0.1, 0.15) is 0 Å².